The fourth-order valence-electron chi connectivity index (χ4n) is 4.21. The molecule has 5 nitrogen and oxygen atoms in total. The van der Waals surface area contributed by atoms with Crippen LogP contribution in [0.5, 0.6) is 5.75 Å². The van der Waals surface area contributed by atoms with E-state index < -0.39 is 5.91 Å². The predicted octanol–water partition coefficient (Wildman–Crippen LogP) is 3.87. The van der Waals surface area contributed by atoms with Crippen molar-refractivity contribution in [2.75, 3.05) is 11.9 Å². The summed E-state index contributed by atoms with van der Waals surface area (Å²) in [5.74, 6) is 0.554. The number of carbonyl (C=O) groups excluding carboxylic acids is 2. The van der Waals surface area contributed by atoms with E-state index in [0.29, 0.717) is 22.2 Å². The van der Waals surface area contributed by atoms with E-state index in [0.717, 1.165) is 37.7 Å². The Balaban J connectivity index is 1.43. The fourth-order valence-corrected chi connectivity index (χ4v) is 5.64. The van der Waals surface area contributed by atoms with Crippen molar-refractivity contribution in [3.63, 3.8) is 0 Å². The first-order valence-electron chi connectivity index (χ1n) is 10.00. The number of fused-ring (bicyclic) bond motifs is 2. The number of nitrogens with two attached hydrogens (primary N) is 1. The lowest BCUT2D eigenvalue weighted by atomic mass is 9.88. The van der Waals surface area contributed by atoms with Gasteiger partial charge in [-0.15, -0.1) is 11.3 Å². The van der Waals surface area contributed by atoms with Gasteiger partial charge in [0.2, 0.25) is 0 Å². The zero-order chi connectivity index (χ0) is 19.7. The zero-order valence-corrected chi connectivity index (χ0v) is 17.0. The second-order valence-electron chi connectivity index (χ2n) is 7.89. The molecule has 0 bridgehead atoms. The average molecular weight is 399 g/mol. The van der Waals surface area contributed by atoms with Crippen molar-refractivity contribution in [2.45, 2.75) is 51.9 Å². The average Bonchev–Trinajstić information content (AvgIpc) is 3.03. The van der Waals surface area contributed by atoms with Gasteiger partial charge in [0, 0.05) is 4.88 Å². The van der Waals surface area contributed by atoms with Crippen LogP contribution in [0.2, 0.25) is 0 Å². The Labute approximate surface area is 169 Å². The van der Waals surface area contributed by atoms with Crippen LogP contribution >= 0.6 is 11.3 Å². The van der Waals surface area contributed by atoms with Gasteiger partial charge in [-0.3, -0.25) is 9.59 Å². The fraction of sp³-hybridized carbons (Fsp3) is 0.455. The molecule has 2 aliphatic rings. The number of carbonyl (C=O) groups is 2. The number of aryl methyl sites for hydroxylation is 2. The molecule has 148 valence electrons. The van der Waals surface area contributed by atoms with E-state index in [1.54, 1.807) is 0 Å². The lowest BCUT2D eigenvalue weighted by Crippen LogP contribution is -2.22. The molecule has 0 saturated heterocycles. The summed E-state index contributed by atoms with van der Waals surface area (Å²) in [6.45, 7) is 2.12. The maximum atomic E-state index is 12.4. The minimum atomic E-state index is -0.474. The Kier molecular flexibility index (Phi) is 5.40. The monoisotopic (exact) mass is 398 g/mol. The molecule has 2 aliphatic carbocycles. The molecule has 1 aromatic carbocycles. The van der Waals surface area contributed by atoms with E-state index in [1.165, 1.54) is 40.2 Å². The molecule has 4 rings (SSSR count). The Morgan fingerprint density at radius 3 is 2.79 bits per heavy atom. The van der Waals surface area contributed by atoms with Gasteiger partial charge < -0.3 is 15.8 Å². The maximum absolute atomic E-state index is 12.4. The predicted molar refractivity (Wildman–Crippen MR) is 111 cm³/mol. The molecule has 6 heteroatoms. The highest BCUT2D eigenvalue weighted by Crippen LogP contribution is 2.39. The molecular formula is C22H26N2O3S. The number of primary amides is 1. The van der Waals surface area contributed by atoms with Gasteiger partial charge in [0.1, 0.15) is 10.8 Å². The van der Waals surface area contributed by atoms with E-state index in [9.17, 15) is 9.59 Å². The van der Waals surface area contributed by atoms with Crippen molar-refractivity contribution in [3.8, 4) is 5.75 Å². The molecule has 0 saturated carbocycles. The summed E-state index contributed by atoms with van der Waals surface area (Å²) in [7, 11) is 0. The zero-order valence-electron chi connectivity index (χ0n) is 16.2. The first kappa shape index (κ1) is 19.0. The van der Waals surface area contributed by atoms with Crippen molar-refractivity contribution >= 4 is 28.2 Å². The molecule has 0 radical (unpaired) electrons. The van der Waals surface area contributed by atoms with Crippen molar-refractivity contribution in [1.29, 1.82) is 0 Å². The van der Waals surface area contributed by atoms with Crippen molar-refractivity contribution < 1.29 is 14.3 Å². The molecule has 1 aromatic heterocycles. The second-order valence-corrected chi connectivity index (χ2v) is 9.00. The van der Waals surface area contributed by atoms with Crippen LogP contribution in [-0.4, -0.2) is 18.4 Å². The van der Waals surface area contributed by atoms with E-state index in [2.05, 4.69) is 18.3 Å². The van der Waals surface area contributed by atoms with Gasteiger partial charge in [-0.05, 0) is 79.7 Å². The lowest BCUT2D eigenvalue weighted by molar-refractivity contribution is -0.118. The molecule has 1 unspecified atom stereocenters. The SMILES string of the molecule is CC1CCc2c(sc(NC(=O)COc3ccc4c(c3)CCCC4)c2C(N)=O)C1. The van der Waals surface area contributed by atoms with Gasteiger partial charge in [0.25, 0.3) is 11.8 Å². The van der Waals surface area contributed by atoms with Gasteiger partial charge in [-0.1, -0.05) is 13.0 Å². The van der Waals surface area contributed by atoms with Gasteiger partial charge in [0.05, 0.1) is 5.56 Å². The largest absolute Gasteiger partial charge is 0.484 e. The van der Waals surface area contributed by atoms with Crippen molar-refractivity contribution in [1.82, 2.24) is 0 Å². The van der Waals surface area contributed by atoms with Crippen LogP contribution in [0.3, 0.4) is 0 Å². The molecule has 2 aromatic rings. The number of amides is 2. The van der Waals surface area contributed by atoms with Gasteiger partial charge >= 0.3 is 0 Å². The summed E-state index contributed by atoms with van der Waals surface area (Å²) in [5, 5.41) is 3.41. The Hall–Kier alpha value is -2.34. The second kappa shape index (κ2) is 7.95. The highest BCUT2D eigenvalue weighted by atomic mass is 32.1. The van der Waals surface area contributed by atoms with Gasteiger partial charge in [-0.2, -0.15) is 0 Å². The van der Waals surface area contributed by atoms with E-state index in [4.69, 9.17) is 10.5 Å². The first-order chi connectivity index (χ1) is 13.5. The summed E-state index contributed by atoms with van der Waals surface area (Å²) in [4.78, 5) is 25.6. The Morgan fingerprint density at radius 2 is 2.00 bits per heavy atom. The van der Waals surface area contributed by atoms with E-state index in [-0.39, 0.29) is 12.5 Å². The quantitative estimate of drug-likeness (QED) is 0.802. The smallest absolute Gasteiger partial charge is 0.262 e. The normalized spacial score (nSPS) is 18.1. The number of hydrogen-bond donors (Lipinski definition) is 2. The highest BCUT2D eigenvalue weighted by Gasteiger charge is 2.27. The topological polar surface area (TPSA) is 81.4 Å². The molecule has 2 amide bonds. The number of anilines is 1. The molecule has 3 N–H and O–H groups in total. The summed E-state index contributed by atoms with van der Waals surface area (Å²) in [6.07, 6.45) is 7.44. The number of rotatable bonds is 5. The van der Waals surface area contributed by atoms with Crippen LogP contribution in [-0.2, 0) is 30.5 Å². The van der Waals surface area contributed by atoms with Crippen LogP contribution in [0.1, 0.15) is 58.1 Å². The standard InChI is InChI=1S/C22H26N2O3S/c1-13-6-9-17-18(10-13)28-22(20(17)21(23)26)24-19(25)12-27-16-8-7-14-4-2-3-5-15(14)11-16/h7-8,11,13H,2-6,9-10,12H2,1H3,(H2,23,26)(H,24,25). The number of benzene rings is 1. The summed E-state index contributed by atoms with van der Waals surface area (Å²) >= 11 is 1.47. The van der Waals surface area contributed by atoms with Crippen LogP contribution in [0.15, 0.2) is 18.2 Å². The number of nitrogens with one attached hydrogen (secondary N) is 1. The number of ether oxygens (including phenoxy) is 1. The van der Waals surface area contributed by atoms with Crippen molar-refractivity contribution in [2.24, 2.45) is 11.7 Å². The molecule has 0 spiro atoms. The minimum absolute atomic E-state index is 0.0873. The van der Waals surface area contributed by atoms with Gasteiger partial charge in [0.15, 0.2) is 6.61 Å². The van der Waals surface area contributed by atoms with Crippen LogP contribution in [0.4, 0.5) is 5.00 Å². The third kappa shape index (κ3) is 3.92. The lowest BCUT2D eigenvalue weighted by Gasteiger charge is -2.18. The Bertz CT molecular complexity index is 919. The van der Waals surface area contributed by atoms with E-state index in [1.807, 2.05) is 12.1 Å². The van der Waals surface area contributed by atoms with E-state index >= 15 is 0 Å². The summed E-state index contributed by atoms with van der Waals surface area (Å²) < 4.78 is 5.70. The summed E-state index contributed by atoms with van der Waals surface area (Å²) in [6, 6.07) is 6.07. The molecule has 0 aliphatic heterocycles. The number of thiophene rings is 1. The maximum Gasteiger partial charge on any atom is 0.262 e. The van der Waals surface area contributed by atoms with Crippen molar-refractivity contribution in [3.05, 3.63) is 45.3 Å². The first-order valence-corrected chi connectivity index (χ1v) is 10.8. The minimum Gasteiger partial charge on any atom is -0.484 e. The van der Waals surface area contributed by atoms with Crippen LogP contribution in [0.25, 0.3) is 0 Å². The third-order valence-electron chi connectivity index (χ3n) is 5.70. The molecule has 0 fully saturated rings. The molecule has 1 heterocycles. The van der Waals surface area contributed by atoms with Gasteiger partial charge in [-0.25, -0.2) is 0 Å². The summed E-state index contributed by atoms with van der Waals surface area (Å²) in [5.41, 5.74) is 9.81. The molecular weight excluding hydrogens is 372 g/mol. The number of hydrogen-bond acceptors (Lipinski definition) is 4. The van der Waals surface area contributed by atoms with Crippen LogP contribution in [0, 0.1) is 5.92 Å². The Morgan fingerprint density at radius 1 is 1.21 bits per heavy atom. The molecule has 28 heavy (non-hydrogen) atoms. The molecule has 1 atom stereocenters. The highest BCUT2D eigenvalue weighted by molar-refractivity contribution is 7.17. The van der Waals surface area contributed by atoms with Crippen LogP contribution < -0.4 is 15.8 Å². The third-order valence-corrected chi connectivity index (χ3v) is 6.87.